The van der Waals surface area contributed by atoms with Crippen LogP contribution in [0, 0.1) is 0 Å². The molecule has 0 bridgehead atoms. The molecule has 0 rings (SSSR count). The van der Waals surface area contributed by atoms with Gasteiger partial charge in [-0.3, -0.25) is 0 Å². The summed E-state index contributed by atoms with van der Waals surface area (Å²) in [5.74, 6) is 1.09. The third-order valence-electron chi connectivity index (χ3n) is 2.74. The molecule has 16 heavy (non-hydrogen) atoms. The van der Waals surface area contributed by atoms with Crippen LogP contribution in [0.1, 0.15) is 52.9 Å². The topological polar surface area (TPSA) is 32.3 Å². The molecule has 3 heteroatoms. The van der Waals surface area contributed by atoms with Crippen molar-refractivity contribution in [3.05, 3.63) is 0 Å². The minimum Gasteiger partial charge on any atom is -0.396 e. The van der Waals surface area contributed by atoms with Crippen molar-refractivity contribution in [2.75, 3.05) is 18.9 Å². The van der Waals surface area contributed by atoms with Crippen molar-refractivity contribution in [1.29, 1.82) is 0 Å². The smallest absolute Gasteiger partial charge is 0.0438 e. The molecular formula is C13H29NOS. The van der Waals surface area contributed by atoms with Crippen molar-refractivity contribution in [1.82, 2.24) is 5.32 Å². The summed E-state index contributed by atoms with van der Waals surface area (Å²) in [5.41, 5.74) is 0. The molecule has 0 aliphatic heterocycles. The maximum Gasteiger partial charge on any atom is 0.0438 e. The first-order valence-electron chi connectivity index (χ1n) is 6.75. The quantitative estimate of drug-likeness (QED) is 0.550. The van der Waals surface area contributed by atoms with E-state index < -0.39 is 0 Å². The molecule has 0 aliphatic rings. The van der Waals surface area contributed by atoms with E-state index in [-0.39, 0.29) is 0 Å². The van der Waals surface area contributed by atoms with E-state index in [1.54, 1.807) is 0 Å². The zero-order valence-corrected chi connectivity index (χ0v) is 12.0. The van der Waals surface area contributed by atoms with Crippen LogP contribution in [0.15, 0.2) is 0 Å². The molecule has 0 spiro atoms. The van der Waals surface area contributed by atoms with E-state index >= 15 is 0 Å². The van der Waals surface area contributed by atoms with Gasteiger partial charge in [0.1, 0.15) is 0 Å². The lowest BCUT2D eigenvalue weighted by Gasteiger charge is -2.26. The van der Waals surface area contributed by atoms with Crippen molar-refractivity contribution < 1.29 is 5.11 Å². The van der Waals surface area contributed by atoms with Crippen LogP contribution in [0.4, 0.5) is 0 Å². The normalized spacial score (nSPS) is 15.0. The van der Waals surface area contributed by atoms with E-state index in [0.717, 1.165) is 18.7 Å². The lowest BCUT2D eigenvalue weighted by atomic mass is 10.1. The van der Waals surface area contributed by atoms with Gasteiger partial charge in [-0.05, 0) is 38.0 Å². The van der Waals surface area contributed by atoms with Crippen molar-refractivity contribution in [3.8, 4) is 0 Å². The van der Waals surface area contributed by atoms with Gasteiger partial charge in [-0.1, -0.05) is 27.2 Å². The van der Waals surface area contributed by atoms with Crippen LogP contribution in [-0.4, -0.2) is 35.3 Å². The van der Waals surface area contributed by atoms with Crippen molar-refractivity contribution in [3.63, 3.8) is 0 Å². The van der Waals surface area contributed by atoms with E-state index in [1.165, 1.54) is 25.7 Å². The highest BCUT2D eigenvalue weighted by Crippen LogP contribution is 2.22. The Morgan fingerprint density at radius 3 is 2.44 bits per heavy atom. The number of hydrogen-bond donors (Lipinski definition) is 2. The summed E-state index contributed by atoms with van der Waals surface area (Å²) in [6, 6.07) is 0.652. The average molecular weight is 247 g/mol. The first kappa shape index (κ1) is 16.3. The summed E-state index contributed by atoms with van der Waals surface area (Å²) >= 11 is 2.02. The molecular weight excluding hydrogens is 218 g/mol. The van der Waals surface area contributed by atoms with Gasteiger partial charge in [-0.25, -0.2) is 0 Å². The van der Waals surface area contributed by atoms with Gasteiger partial charge in [0, 0.05) is 17.9 Å². The molecule has 2 unspecified atom stereocenters. The molecule has 0 aromatic heterocycles. The van der Waals surface area contributed by atoms with Gasteiger partial charge in [0.25, 0.3) is 0 Å². The Labute approximate surface area is 106 Å². The van der Waals surface area contributed by atoms with E-state index in [0.29, 0.717) is 17.9 Å². The van der Waals surface area contributed by atoms with Crippen LogP contribution in [0.2, 0.25) is 0 Å². The number of rotatable bonds is 11. The molecule has 0 aliphatic carbocycles. The minimum atomic E-state index is 0.324. The molecule has 0 saturated heterocycles. The molecule has 2 atom stereocenters. The maximum atomic E-state index is 8.81. The van der Waals surface area contributed by atoms with Crippen LogP contribution < -0.4 is 5.32 Å². The summed E-state index contributed by atoms with van der Waals surface area (Å²) in [6.07, 6.45) is 5.87. The fourth-order valence-electron chi connectivity index (χ4n) is 1.88. The summed E-state index contributed by atoms with van der Waals surface area (Å²) in [6.45, 7) is 8.19. The number of nitrogens with one attached hydrogen (secondary N) is 1. The molecule has 0 amide bonds. The van der Waals surface area contributed by atoms with Gasteiger partial charge in [0.2, 0.25) is 0 Å². The first-order chi connectivity index (χ1) is 7.79. The highest BCUT2D eigenvalue weighted by molar-refractivity contribution is 7.99. The Morgan fingerprint density at radius 2 is 1.94 bits per heavy atom. The molecule has 98 valence electrons. The second-order valence-electron chi connectivity index (χ2n) is 4.24. The number of aliphatic hydroxyl groups excluding tert-OH is 1. The van der Waals surface area contributed by atoms with E-state index in [4.69, 9.17) is 5.11 Å². The largest absolute Gasteiger partial charge is 0.396 e. The predicted molar refractivity (Wildman–Crippen MR) is 75.2 cm³/mol. The van der Waals surface area contributed by atoms with Gasteiger partial charge in [0.15, 0.2) is 0 Å². The lowest BCUT2D eigenvalue weighted by molar-refractivity contribution is 0.296. The molecule has 0 radical (unpaired) electrons. The minimum absolute atomic E-state index is 0.324. The zero-order valence-electron chi connectivity index (χ0n) is 11.2. The highest BCUT2D eigenvalue weighted by atomic mass is 32.2. The Bertz CT molecular complexity index is 144. The van der Waals surface area contributed by atoms with E-state index in [1.807, 2.05) is 11.8 Å². The predicted octanol–water partition coefficient (Wildman–Crippen LogP) is 3.05. The van der Waals surface area contributed by atoms with Crippen LogP contribution in [0.25, 0.3) is 0 Å². The van der Waals surface area contributed by atoms with Crippen molar-refractivity contribution in [2.24, 2.45) is 0 Å². The molecule has 0 aromatic carbocycles. The van der Waals surface area contributed by atoms with Gasteiger partial charge in [0.05, 0.1) is 0 Å². The SMILES string of the molecule is CCCNC(CCC)C(CC)SCCCO. The average Bonchev–Trinajstić information content (AvgIpc) is 2.31. The van der Waals surface area contributed by atoms with E-state index in [2.05, 4.69) is 26.1 Å². The number of hydrogen-bond acceptors (Lipinski definition) is 3. The Balaban J connectivity index is 3.99. The molecule has 2 nitrogen and oxygen atoms in total. The van der Waals surface area contributed by atoms with Crippen LogP contribution in [0.3, 0.4) is 0 Å². The van der Waals surface area contributed by atoms with Gasteiger partial charge in [-0.15, -0.1) is 0 Å². The Morgan fingerprint density at radius 1 is 1.19 bits per heavy atom. The number of aliphatic hydroxyl groups is 1. The van der Waals surface area contributed by atoms with Gasteiger partial charge >= 0.3 is 0 Å². The highest BCUT2D eigenvalue weighted by Gasteiger charge is 2.18. The zero-order chi connectivity index (χ0) is 12.2. The second kappa shape index (κ2) is 11.7. The molecule has 0 fully saturated rings. The number of thioether (sulfide) groups is 1. The Hall–Kier alpha value is 0.270. The first-order valence-corrected chi connectivity index (χ1v) is 7.80. The third-order valence-corrected chi connectivity index (χ3v) is 4.36. The monoisotopic (exact) mass is 247 g/mol. The third kappa shape index (κ3) is 7.53. The maximum absolute atomic E-state index is 8.81. The second-order valence-corrected chi connectivity index (χ2v) is 5.59. The summed E-state index contributed by atoms with van der Waals surface area (Å²) in [4.78, 5) is 0. The summed E-state index contributed by atoms with van der Waals surface area (Å²) in [5, 5.41) is 13.2. The Kier molecular flexibility index (Phi) is 11.9. The van der Waals surface area contributed by atoms with E-state index in [9.17, 15) is 0 Å². The van der Waals surface area contributed by atoms with Crippen molar-refractivity contribution in [2.45, 2.75) is 64.2 Å². The molecule has 0 heterocycles. The molecule has 0 aromatic rings. The standard InChI is InChI=1S/C13H29NOS/c1-4-8-12(14-9-5-2)13(6-3)16-11-7-10-15/h12-15H,4-11H2,1-3H3. The van der Waals surface area contributed by atoms with Crippen molar-refractivity contribution >= 4 is 11.8 Å². The van der Waals surface area contributed by atoms with Crippen LogP contribution >= 0.6 is 11.8 Å². The summed E-state index contributed by atoms with van der Waals surface area (Å²) < 4.78 is 0. The fourth-order valence-corrected chi connectivity index (χ4v) is 3.18. The van der Waals surface area contributed by atoms with Gasteiger partial charge in [-0.2, -0.15) is 11.8 Å². The summed E-state index contributed by atoms with van der Waals surface area (Å²) in [7, 11) is 0. The molecule has 2 N–H and O–H groups in total. The molecule has 0 saturated carbocycles. The van der Waals surface area contributed by atoms with Crippen LogP contribution in [0.5, 0.6) is 0 Å². The van der Waals surface area contributed by atoms with Gasteiger partial charge < -0.3 is 10.4 Å². The lowest BCUT2D eigenvalue weighted by Crippen LogP contribution is -2.38. The fraction of sp³-hybridized carbons (Fsp3) is 1.00. The van der Waals surface area contributed by atoms with Crippen LogP contribution in [-0.2, 0) is 0 Å².